The van der Waals surface area contributed by atoms with E-state index >= 15 is 0 Å². The Hall–Kier alpha value is -2.17. The van der Waals surface area contributed by atoms with Crippen LogP contribution in [0.3, 0.4) is 0 Å². The first-order valence-corrected chi connectivity index (χ1v) is 4.65. The van der Waals surface area contributed by atoms with E-state index in [9.17, 15) is 0 Å². The van der Waals surface area contributed by atoms with Crippen molar-refractivity contribution >= 4 is 5.65 Å². The summed E-state index contributed by atoms with van der Waals surface area (Å²) < 4.78 is 3.67. The predicted octanol–water partition coefficient (Wildman–Crippen LogP) is 1.22. The van der Waals surface area contributed by atoms with E-state index in [0.29, 0.717) is 0 Å². The average Bonchev–Trinajstić information content (AvgIpc) is 2.84. The average molecular weight is 199 g/mol. The summed E-state index contributed by atoms with van der Waals surface area (Å²) >= 11 is 0. The largest absolute Gasteiger partial charge is 0.287 e. The van der Waals surface area contributed by atoms with Crippen LogP contribution in [0.4, 0.5) is 0 Å². The van der Waals surface area contributed by atoms with Gasteiger partial charge in [-0.25, -0.2) is 14.5 Å². The molecule has 0 aliphatic heterocycles. The van der Waals surface area contributed by atoms with Crippen LogP contribution >= 0.6 is 0 Å². The Kier molecular flexibility index (Phi) is 1.58. The Morgan fingerprint density at radius 2 is 1.93 bits per heavy atom. The van der Waals surface area contributed by atoms with Gasteiger partial charge in [0.1, 0.15) is 5.82 Å². The normalized spacial score (nSPS) is 11.0. The first-order valence-electron chi connectivity index (χ1n) is 4.65. The lowest BCUT2D eigenvalue weighted by atomic mass is 10.5. The summed E-state index contributed by atoms with van der Waals surface area (Å²) in [5.74, 6) is 1.76. The van der Waals surface area contributed by atoms with Crippen molar-refractivity contribution in [2.24, 2.45) is 0 Å². The van der Waals surface area contributed by atoms with Crippen molar-refractivity contribution in [3.05, 3.63) is 42.7 Å². The van der Waals surface area contributed by atoms with Gasteiger partial charge in [-0.1, -0.05) is 0 Å². The van der Waals surface area contributed by atoms with E-state index in [4.69, 9.17) is 0 Å². The zero-order valence-corrected chi connectivity index (χ0v) is 8.20. The number of imidazole rings is 2. The first kappa shape index (κ1) is 8.16. The van der Waals surface area contributed by atoms with E-state index in [1.54, 1.807) is 16.9 Å². The molecule has 3 aromatic rings. The van der Waals surface area contributed by atoms with Gasteiger partial charge in [-0.05, 0) is 19.1 Å². The SMILES string of the molecule is Cc1nccn1-c1ccc2nccn2n1. The fraction of sp³-hybridized carbons (Fsp3) is 0.100. The van der Waals surface area contributed by atoms with E-state index in [-0.39, 0.29) is 0 Å². The lowest BCUT2D eigenvalue weighted by Gasteiger charge is -2.03. The second-order valence-electron chi connectivity index (χ2n) is 3.27. The first-order chi connectivity index (χ1) is 7.34. The van der Waals surface area contributed by atoms with Gasteiger partial charge in [0.2, 0.25) is 0 Å². The molecule has 5 heteroatoms. The highest BCUT2D eigenvalue weighted by atomic mass is 15.3. The number of nitrogens with zero attached hydrogens (tertiary/aromatic N) is 5. The minimum absolute atomic E-state index is 0.843. The van der Waals surface area contributed by atoms with Crippen LogP contribution < -0.4 is 0 Å². The second kappa shape index (κ2) is 2.91. The molecule has 0 spiro atoms. The molecule has 0 atom stereocenters. The monoisotopic (exact) mass is 199 g/mol. The van der Waals surface area contributed by atoms with E-state index in [0.717, 1.165) is 17.3 Å². The second-order valence-corrected chi connectivity index (χ2v) is 3.27. The predicted molar refractivity (Wildman–Crippen MR) is 54.8 cm³/mol. The number of hydrogen-bond acceptors (Lipinski definition) is 3. The van der Waals surface area contributed by atoms with Crippen LogP contribution in [-0.2, 0) is 0 Å². The lowest BCUT2D eigenvalue weighted by molar-refractivity contribution is 0.844. The number of aryl methyl sites for hydroxylation is 1. The number of aromatic nitrogens is 5. The topological polar surface area (TPSA) is 48.0 Å². The molecule has 0 aliphatic carbocycles. The Morgan fingerprint density at radius 1 is 1.07 bits per heavy atom. The molecule has 5 nitrogen and oxygen atoms in total. The van der Waals surface area contributed by atoms with Crippen LogP contribution in [0.2, 0.25) is 0 Å². The number of hydrogen-bond donors (Lipinski definition) is 0. The molecule has 0 fully saturated rings. The highest BCUT2D eigenvalue weighted by Gasteiger charge is 2.02. The summed E-state index contributed by atoms with van der Waals surface area (Å²) in [5.41, 5.74) is 0.844. The van der Waals surface area contributed by atoms with Crippen molar-refractivity contribution in [3.8, 4) is 5.82 Å². The summed E-state index contributed by atoms with van der Waals surface area (Å²) in [6.45, 7) is 1.94. The molecule has 0 amide bonds. The summed E-state index contributed by atoms with van der Waals surface area (Å²) in [4.78, 5) is 8.30. The van der Waals surface area contributed by atoms with Crippen molar-refractivity contribution in [1.29, 1.82) is 0 Å². The molecule has 74 valence electrons. The standard InChI is InChI=1S/C10H9N5/c1-8-11-4-6-14(8)10-3-2-9-12-5-7-15(9)13-10/h2-7H,1H3. The van der Waals surface area contributed by atoms with Crippen LogP contribution in [0.15, 0.2) is 36.9 Å². The number of fused-ring (bicyclic) bond motifs is 1. The van der Waals surface area contributed by atoms with Crippen LogP contribution in [-0.4, -0.2) is 24.1 Å². The Bertz CT molecular complexity index is 607. The Morgan fingerprint density at radius 3 is 2.73 bits per heavy atom. The third kappa shape index (κ3) is 1.20. The minimum Gasteiger partial charge on any atom is -0.287 e. The van der Waals surface area contributed by atoms with Crippen LogP contribution in [0.25, 0.3) is 11.5 Å². The van der Waals surface area contributed by atoms with Crippen molar-refractivity contribution in [3.63, 3.8) is 0 Å². The van der Waals surface area contributed by atoms with E-state index in [1.807, 2.05) is 36.0 Å². The molecule has 0 bridgehead atoms. The third-order valence-corrected chi connectivity index (χ3v) is 2.31. The molecular weight excluding hydrogens is 190 g/mol. The Labute approximate surface area is 86.0 Å². The quantitative estimate of drug-likeness (QED) is 0.592. The Balaban J connectivity index is 2.23. The summed E-state index contributed by atoms with van der Waals surface area (Å²) in [5, 5.41) is 4.42. The van der Waals surface area contributed by atoms with Crippen molar-refractivity contribution in [2.45, 2.75) is 6.92 Å². The molecule has 0 aliphatic rings. The van der Waals surface area contributed by atoms with Gasteiger partial charge in [0.25, 0.3) is 0 Å². The zero-order chi connectivity index (χ0) is 10.3. The van der Waals surface area contributed by atoms with Crippen molar-refractivity contribution in [2.75, 3.05) is 0 Å². The van der Waals surface area contributed by atoms with Gasteiger partial charge in [0.05, 0.1) is 0 Å². The van der Waals surface area contributed by atoms with Gasteiger partial charge in [-0.15, -0.1) is 5.10 Å². The molecule has 0 N–H and O–H groups in total. The highest BCUT2D eigenvalue weighted by molar-refractivity contribution is 5.39. The summed E-state index contributed by atoms with van der Waals surface area (Å²) in [6.07, 6.45) is 7.20. The van der Waals surface area contributed by atoms with Crippen LogP contribution in [0.5, 0.6) is 0 Å². The molecule has 3 rings (SSSR count). The maximum atomic E-state index is 4.42. The van der Waals surface area contributed by atoms with Gasteiger partial charge < -0.3 is 0 Å². The smallest absolute Gasteiger partial charge is 0.159 e. The fourth-order valence-corrected chi connectivity index (χ4v) is 1.55. The molecule has 3 aromatic heterocycles. The molecule has 15 heavy (non-hydrogen) atoms. The molecule has 0 saturated heterocycles. The van der Waals surface area contributed by atoms with Gasteiger partial charge in [0.15, 0.2) is 11.5 Å². The molecule has 0 unspecified atom stereocenters. The molecule has 0 saturated carbocycles. The minimum atomic E-state index is 0.843. The lowest BCUT2D eigenvalue weighted by Crippen LogP contribution is -2.02. The van der Waals surface area contributed by atoms with E-state index < -0.39 is 0 Å². The summed E-state index contributed by atoms with van der Waals surface area (Å²) in [7, 11) is 0. The zero-order valence-electron chi connectivity index (χ0n) is 8.20. The molecule has 0 aromatic carbocycles. The van der Waals surface area contributed by atoms with Gasteiger partial charge in [-0.3, -0.25) is 4.57 Å². The van der Waals surface area contributed by atoms with Gasteiger partial charge in [0, 0.05) is 24.8 Å². The van der Waals surface area contributed by atoms with E-state index in [1.165, 1.54) is 0 Å². The number of rotatable bonds is 1. The maximum absolute atomic E-state index is 4.42. The van der Waals surface area contributed by atoms with Crippen molar-refractivity contribution < 1.29 is 0 Å². The third-order valence-electron chi connectivity index (χ3n) is 2.31. The van der Waals surface area contributed by atoms with E-state index in [2.05, 4.69) is 15.1 Å². The molecule has 0 radical (unpaired) electrons. The van der Waals surface area contributed by atoms with Crippen molar-refractivity contribution in [1.82, 2.24) is 24.1 Å². The van der Waals surface area contributed by atoms with Crippen LogP contribution in [0.1, 0.15) is 5.82 Å². The maximum Gasteiger partial charge on any atom is 0.159 e. The molecular formula is C10H9N5. The summed E-state index contributed by atoms with van der Waals surface area (Å²) in [6, 6.07) is 3.86. The fourth-order valence-electron chi connectivity index (χ4n) is 1.55. The molecule has 3 heterocycles. The van der Waals surface area contributed by atoms with Gasteiger partial charge in [-0.2, -0.15) is 0 Å². The van der Waals surface area contributed by atoms with Crippen LogP contribution in [0, 0.1) is 6.92 Å². The van der Waals surface area contributed by atoms with Gasteiger partial charge >= 0.3 is 0 Å². The highest BCUT2D eigenvalue weighted by Crippen LogP contribution is 2.07.